The molecule has 26 heavy (non-hydrogen) atoms. The molecule has 0 unspecified atom stereocenters. The van der Waals surface area contributed by atoms with Gasteiger partial charge in [0.05, 0.1) is 5.56 Å². The first-order chi connectivity index (χ1) is 12.7. The van der Waals surface area contributed by atoms with Crippen LogP contribution in [0.25, 0.3) is 0 Å². The number of rotatable bonds is 3. The van der Waals surface area contributed by atoms with Crippen molar-refractivity contribution in [3.63, 3.8) is 0 Å². The number of piperazine rings is 1. The minimum Gasteiger partial charge on any atom is -0.372 e. The van der Waals surface area contributed by atoms with Crippen LogP contribution in [-0.2, 0) is 0 Å². The first kappa shape index (κ1) is 16.9. The van der Waals surface area contributed by atoms with Gasteiger partial charge in [0.15, 0.2) is 0 Å². The van der Waals surface area contributed by atoms with Crippen LogP contribution in [0, 0.1) is 5.82 Å². The number of hydrogen-bond acceptors (Lipinski definition) is 3. The summed E-state index contributed by atoms with van der Waals surface area (Å²) < 4.78 is 13.8. The molecule has 2 saturated heterocycles. The topological polar surface area (TPSA) is 26.8 Å². The molecule has 2 aliphatic rings. The Balaban J connectivity index is 1.37. The summed E-state index contributed by atoms with van der Waals surface area (Å²) in [6.07, 6.45) is 2.56. The molecule has 5 heteroatoms. The second kappa shape index (κ2) is 7.36. The summed E-state index contributed by atoms with van der Waals surface area (Å²) in [6, 6.07) is 14.9. The normalized spacial score (nSPS) is 17.7. The van der Waals surface area contributed by atoms with Gasteiger partial charge in [-0.1, -0.05) is 12.1 Å². The first-order valence-electron chi connectivity index (χ1n) is 9.36. The van der Waals surface area contributed by atoms with Crippen LogP contribution in [0.2, 0.25) is 0 Å². The molecule has 0 atom stereocenters. The summed E-state index contributed by atoms with van der Waals surface area (Å²) in [5.41, 5.74) is 2.64. The van der Waals surface area contributed by atoms with Crippen molar-refractivity contribution >= 4 is 17.3 Å². The van der Waals surface area contributed by atoms with E-state index in [0.717, 1.165) is 26.2 Å². The molecule has 0 saturated carbocycles. The van der Waals surface area contributed by atoms with Crippen LogP contribution in [0.5, 0.6) is 0 Å². The average Bonchev–Trinajstić information content (AvgIpc) is 3.23. The highest BCUT2D eigenvalue weighted by molar-refractivity contribution is 5.94. The van der Waals surface area contributed by atoms with Crippen molar-refractivity contribution in [2.75, 3.05) is 49.1 Å². The van der Waals surface area contributed by atoms with Crippen LogP contribution in [-0.4, -0.2) is 50.1 Å². The van der Waals surface area contributed by atoms with E-state index in [0.29, 0.717) is 13.1 Å². The van der Waals surface area contributed by atoms with Crippen molar-refractivity contribution in [2.24, 2.45) is 0 Å². The first-order valence-corrected chi connectivity index (χ1v) is 9.36. The molecule has 0 radical (unpaired) electrons. The molecule has 2 aromatic carbocycles. The third-order valence-corrected chi connectivity index (χ3v) is 5.36. The molecule has 1 amide bonds. The number of benzene rings is 2. The highest BCUT2D eigenvalue weighted by Crippen LogP contribution is 2.25. The van der Waals surface area contributed by atoms with E-state index >= 15 is 0 Å². The SMILES string of the molecule is O=C(c1ccccc1F)N1CCN(c2ccc(N3CCCC3)cc2)CC1. The molecule has 0 aromatic heterocycles. The summed E-state index contributed by atoms with van der Waals surface area (Å²) in [5, 5.41) is 0. The Bertz CT molecular complexity index is 763. The van der Waals surface area contributed by atoms with Crippen LogP contribution in [0.4, 0.5) is 15.8 Å². The van der Waals surface area contributed by atoms with E-state index in [2.05, 4.69) is 34.1 Å². The van der Waals surface area contributed by atoms with Crippen LogP contribution in [0.3, 0.4) is 0 Å². The number of carbonyl (C=O) groups is 1. The van der Waals surface area contributed by atoms with Crippen molar-refractivity contribution in [2.45, 2.75) is 12.8 Å². The Labute approximate surface area is 153 Å². The smallest absolute Gasteiger partial charge is 0.256 e. The molecule has 2 aliphatic heterocycles. The Morgan fingerprint density at radius 3 is 1.85 bits per heavy atom. The molecule has 2 heterocycles. The van der Waals surface area contributed by atoms with Gasteiger partial charge in [0, 0.05) is 50.6 Å². The van der Waals surface area contributed by atoms with Crippen molar-refractivity contribution in [1.29, 1.82) is 0 Å². The van der Waals surface area contributed by atoms with Crippen molar-refractivity contribution in [3.8, 4) is 0 Å². The summed E-state index contributed by atoms with van der Waals surface area (Å²) in [4.78, 5) is 19.0. The molecule has 4 rings (SSSR count). The van der Waals surface area contributed by atoms with Crippen molar-refractivity contribution < 1.29 is 9.18 Å². The zero-order valence-corrected chi connectivity index (χ0v) is 14.9. The molecule has 2 aromatic rings. The third-order valence-electron chi connectivity index (χ3n) is 5.36. The van der Waals surface area contributed by atoms with E-state index in [1.54, 1.807) is 23.1 Å². The van der Waals surface area contributed by atoms with E-state index in [-0.39, 0.29) is 11.5 Å². The zero-order chi connectivity index (χ0) is 17.9. The Morgan fingerprint density at radius 2 is 1.27 bits per heavy atom. The van der Waals surface area contributed by atoms with Gasteiger partial charge in [-0.05, 0) is 49.2 Å². The summed E-state index contributed by atoms with van der Waals surface area (Å²) >= 11 is 0. The van der Waals surface area contributed by atoms with Gasteiger partial charge in [-0.2, -0.15) is 0 Å². The molecule has 0 spiro atoms. The lowest BCUT2D eigenvalue weighted by molar-refractivity contribution is 0.0742. The number of anilines is 2. The van der Waals surface area contributed by atoms with Crippen molar-refractivity contribution in [3.05, 3.63) is 59.9 Å². The van der Waals surface area contributed by atoms with E-state index in [1.165, 1.54) is 30.3 Å². The second-order valence-electron chi connectivity index (χ2n) is 6.97. The summed E-state index contributed by atoms with van der Waals surface area (Å²) in [6.45, 7) is 5.06. The zero-order valence-electron chi connectivity index (χ0n) is 14.9. The molecular formula is C21H24FN3O. The minimum absolute atomic E-state index is 0.163. The maximum Gasteiger partial charge on any atom is 0.256 e. The Kier molecular flexibility index (Phi) is 4.78. The van der Waals surface area contributed by atoms with Crippen LogP contribution < -0.4 is 9.80 Å². The fourth-order valence-corrected chi connectivity index (χ4v) is 3.82. The Morgan fingerprint density at radius 1 is 0.731 bits per heavy atom. The van der Waals surface area contributed by atoms with E-state index < -0.39 is 5.82 Å². The predicted molar refractivity (Wildman–Crippen MR) is 102 cm³/mol. The maximum absolute atomic E-state index is 13.8. The van der Waals surface area contributed by atoms with Gasteiger partial charge in [0.25, 0.3) is 5.91 Å². The molecule has 2 fully saturated rings. The van der Waals surface area contributed by atoms with E-state index in [9.17, 15) is 9.18 Å². The monoisotopic (exact) mass is 353 g/mol. The van der Waals surface area contributed by atoms with Gasteiger partial charge in [-0.25, -0.2) is 4.39 Å². The van der Waals surface area contributed by atoms with Gasteiger partial charge < -0.3 is 14.7 Å². The fourth-order valence-electron chi connectivity index (χ4n) is 3.82. The molecule has 0 bridgehead atoms. The summed E-state index contributed by atoms with van der Waals surface area (Å²) in [7, 11) is 0. The van der Waals surface area contributed by atoms with Crippen LogP contribution in [0.15, 0.2) is 48.5 Å². The van der Waals surface area contributed by atoms with Gasteiger partial charge in [-0.15, -0.1) is 0 Å². The highest BCUT2D eigenvalue weighted by Gasteiger charge is 2.24. The van der Waals surface area contributed by atoms with E-state index in [4.69, 9.17) is 0 Å². The minimum atomic E-state index is -0.447. The molecule has 4 nitrogen and oxygen atoms in total. The molecule has 136 valence electrons. The molecule has 0 N–H and O–H groups in total. The number of nitrogens with zero attached hydrogens (tertiary/aromatic N) is 3. The lowest BCUT2D eigenvalue weighted by Crippen LogP contribution is -2.49. The number of hydrogen-bond donors (Lipinski definition) is 0. The molecular weight excluding hydrogens is 329 g/mol. The van der Waals surface area contributed by atoms with Crippen LogP contribution >= 0.6 is 0 Å². The largest absolute Gasteiger partial charge is 0.372 e. The summed E-state index contributed by atoms with van der Waals surface area (Å²) in [5.74, 6) is -0.662. The number of carbonyl (C=O) groups excluding carboxylic acids is 1. The average molecular weight is 353 g/mol. The van der Waals surface area contributed by atoms with Gasteiger partial charge >= 0.3 is 0 Å². The highest BCUT2D eigenvalue weighted by atomic mass is 19.1. The predicted octanol–water partition coefficient (Wildman–Crippen LogP) is 3.39. The van der Waals surface area contributed by atoms with E-state index in [1.807, 2.05) is 0 Å². The van der Waals surface area contributed by atoms with Gasteiger partial charge in [0.1, 0.15) is 5.82 Å². The molecule has 0 aliphatic carbocycles. The van der Waals surface area contributed by atoms with Crippen molar-refractivity contribution in [1.82, 2.24) is 4.90 Å². The fraction of sp³-hybridized carbons (Fsp3) is 0.381. The standard InChI is InChI=1S/C21H24FN3O/c22-20-6-2-1-5-19(20)21(26)25-15-13-24(14-16-25)18-9-7-17(8-10-18)23-11-3-4-12-23/h1-2,5-10H,3-4,11-16H2. The lowest BCUT2D eigenvalue weighted by atomic mass is 10.1. The quantitative estimate of drug-likeness (QED) is 0.846. The Hall–Kier alpha value is -2.56. The third kappa shape index (κ3) is 3.39. The second-order valence-corrected chi connectivity index (χ2v) is 6.97. The lowest BCUT2D eigenvalue weighted by Gasteiger charge is -2.36. The van der Waals surface area contributed by atoms with Gasteiger partial charge in [0.2, 0.25) is 0 Å². The number of halogens is 1. The number of amides is 1. The van der Waals surface area contributed by atoms with Crippen LogP contribution in [0.1, 0.15) is 23.2 Å². The van der Waals surface area contributed by atoms with Gasteiger partial charge in [-0.3, -0.25) is 4.79 Å². The maximum atomic E-state index is 13.8.